The second-order valence-electron chi connectivity index (χ2n) is 5.21. The van der Waals surface area contributed by atoms with Gasteiger partial charge in [0.25, 0.3) is 5.91 Å². The zero-order valence-corrected chi connectivity index (χ0v) is 14.2. The van der Waals surface area contributed by atoms with E-state index in [9.17, 15) is 9.18 Å². The molecule has 0 unspecified atom stereocenters. The Morgan fingerprint density at radius 1 is 1.38 bits per heavy atom. The van der Waals surface area contributed by atoms with Gasteiger partial charge < -0.3 is 4.74 Å². The Kier molecular flexibility index (Phi) is 6.32. The molecule has 2 aromatic carbocycles. The predicted molar refractivity (Wildman–Crippen MR) is 93.3 cm³/mol. The molecule has 0 fully saturated rings. The minimum atomic E-state index is -0.618. The lowest BCUT2D eigenvalue weighted by atomic mass is 10.2. The van der Waals surface area contributed by atoms with Gasteiger partial charge in [0.05, 0.1) is 22.9 Å². The van der Waals surface area contributed by atoms with Crippen molar-refractivity contribution in [3.63, 3.8) is 0 Å². The third-order valence-electron chi connectivity index (χ3n) is 3.36. The van der Waals surface area contributed by atoms with Gasteiger partial charge in [-0.05, 0) is 49.2 Å². The van der Waals surface area contributed by atoms with Crippen molar-refractivity contribution in [1.82, 2.24) is 5.43 Å². The fraction of sp³-hybridized carbons (Fsp3) is 0.222. The van der Waals surface area contributed by atoms with Crippen LogP contribution in [-0.2, 0) is 0 Å². The molecule has 1 atom stereocenters. The molecule has 2 rings (SSSR count). The number of hydrazone groups is 1. The molecule has 24 heavy (non-hydrogen) atoms. The van der Waals surface area contributed by atoms with Crippen LogP contribution in [0.4, 0.5) is 4.39 Å². The quantitative estimate of drug-likeness (QED) is 0.620. The lowest BCUT2D eigenvalue weighted by molar-refractivity contribution is 0.0951. The highest BCUT2D eigenvalue weighted by Gasteiger charge is 2.09. The molecular weight excluding hydrogens is 331 g/mol. The van der Waals surface area contributed by atoms with E-state index < -0.39 is 11.7 Å². The number of hydrogen-bond acceptors (Lipinski definition) is 3. The van der Waals surface area contributed by atoms with Crippen molar-refractivity contribution in [3.8, 4) is 5.75 Å². The Balaban J connectivity index is 2.01. The van der Waals surface area contributed by atoms with Gasteiger partial charge in [-0.25, -0.2) is 9.82 Å². The van der Waals surface area contributed by atoms with E-state index in [4.69, 9.17) is 16.3 Å². The Morgan fingerprint density at radius 2 is 2.12 bits per heavy atom. The summed E-state index contributed by atoms with van der Waals surface area (Å²) >= 11 is 6.16. The van der Waals surface area contributed by atoms with Gasteiger partial charge in [0, 0.05) is 0 Å². The standard InChI is InChI=1S/C18H18ClFN2O2/c1-3-12(2)24-17-9-8-13(10-15(17)19)11-21-22-18(23)14-6-4-5-7-16(14)20/h4-12H,3H2,1-2H3,(H,22,23)/b21-11-/t12-/m0/s1. The average Bonchev–Trinajstić information content (AvgIpc) is 2.57. The van der Waals surface area contributed by atoms with Crippen LogP contribution in [0.3, 0.4) is 0 Å². The van der Waals surface area contributed by atoms with Crippen LogP contribution in [0.15, 0.2) is 47.6 Å². The van der Waals surface area contributed by atoms with Crippen molar-refractivity contribution in [2.45, 2.75) is 26.4 Å². The number of carbonyl (C=O) groups is 1. The SMILES string of the molecule is CC[C@H](C)Oc1ccc(/C=N\NC(=O)c2ccccc2F)cc1Cl. The maximum atomic E-state index is 13.5. The summed E-state index contributed by atoms with van der Waals surface area (Å²) in [5.41, 5.74) is 2.90. The molecule has 0 aliphatic carbocycles. The number of halogens is 2. The number of carbonyl (C=O) groups excluding carboxylic acids is 1. The number of nitrogens with zero attached hydrogens (tertiary/aromatic N) is 1. The Hall–Kier alpha value is -2.40. The molecule has 4 nitrogen and oxygen atoms in total. The zero-order valence-electron chi connectivity index (χ0n) is 13.4. The minimum absolute atomic E-state index is 0.0648. The van der Waals surface area contributed by atoms with E-state index >= 15 is 0 Å². The number of benzene rings is 2. The summed E-state index contributed by atoms with van der Waals surface area (Å²) < 4.78 is 19.2. The van der Waals surface area contributed by atoms with Crippen molar-refractivity contribution >= 4 is 23.7 Å². The fourth-order valence-electron chi connectivity index (χ4n) is 1.86. The normalized spacial score (nSPS) is 12.2. The lowest BCUT2D eigenvalue weighted by Crippen LogP contribution is -2.18. The average molecular weight is 349 g/mol. The highest BCUT2D eigenvalue weighted by molar-refractivity contribution is 6.32. The van der Waals surface area contributed by atoms with E-state index in [2.05, 4.69) is 10.5 Å². The molecule has 0 heterocycles. The van der Waals surface area contributed by atoms with Crippen LogP contribution >= 0.6 is 11.6 Å². The highest BCUT2D eigenvalue weighted by Crippen LogP contribution is 2.26. The van der Waals surface area contributed by atoms with Crippen LogP contribution in [0.5, 0.6) is 5.75 Å². The summed E-state index contributed by atoms with van der Waals surface area (Å²) in [5, 5.41) is 4.27. The smallest absolute Gasteiger partial charge is 0.274 e. The molecule has 126 valence electrons. The first-order valence-corrected chi connectivity index (χ1v) is 7.93. The van der Waals surface area contributed by atoms with Gasteiger partial charge in [-0.15, -0.1) is 0 Å². The number of nitrogens with one attached hydrogen (secondary N) is 1. The molecule has 0 bridgehead atoms. The van der Waals surface area contributed by atoms with Crippen LogP contribution in [0.25, 0.3) is 0 Å². The second-order valence-corrected chi connectivity index (χ2v) is 5.61. The number of amides is 1. The molecule has 6 heteroatoms. The van der Waals surface area contributed by atoms with Crippen molar-refractivity contribution < 1.29 is 13.9 Å². The van der Waals surface area contributed by atoms with Crippen LogP contribution in [0, 0.1) is 5.82 Å². The molecule has 1 amide bonds. The predicted octanol–water partition coefficient (Wildman–Crippen LogP) is 4.42. The van der Waals surface area contributed by atoms with Crippen LogP contribution in [0.2, 0.25) is 5.02 Å². The molecule has 0 aliphatic rings. The summed E-state index contributed by atoms with van der Waals surface area (Å²) in [5.74, 6) is -0.620. The fourth-order valence-corrected chi connectivity index (χ4v) is 2.10. The van der Waals surface area contributed by atoms with Crippen molar-refractivity contribution in [3.05, 3.63) is 64.4 Å². The Labute approximate surface area is 145 Å². The molecule has 0 saturated heterocycles. The van der Waals surface area contributed by atoms with Gasteiger partial charge in [0.15, 0.2) is 0 Å². The molecule has 0 aromatic heterocycles. The van der Waals surface area contributed by atoms with E-state index in [-0.39, 0.29) is 11.7 Å². The van der Waals surface area contributed by atoms with E-state index in [1.54, 1.807) is 24.3 Å². The van der Waals surface area contributed by atoms with Gasteiger partial charge in [-0.2, -0.15) is 5.10 Å². The summed E-state index contributed by atoms with van der Waals surface area (Å²) in [7, 11) is 0. The largest absolute Gasteiger partial charge is 0.489 e. The van der Waals surface area contributed by atoms with Crippen LogP contribution < -0.4 is 10.2 Å². The summed E-state index contributed by atoms with van der Waals surface area (Å²) in [4.78, 5) is 11.8. The Morgan fingerprint density at radius 3 is 2.79 bits per heavy atom. The number of hydrogen-bond donors (Lipinski definition) is 1. The zero-order chi connectivity index (χ0) is 17.5. The minimum Gasteiger partial charge on any atom is -0.489 e. The molecule has 0 saturated carbocycles. The van der Waals surface area contributed by atoms with Crippen molar-refractivity contribution in [1.29, 1.82) is 0 Å². The molecule has 2 aromatic rings. The highest BCUT2D eigenvalue weighted by atomic mass is 35.5. The molecule has 0 aliphatic heterocycles. The van der Waals surface area contributed by atoms with E-state index in [1.807, 2.05) is 13.8 Å². The van der Waals surface area contributed by atoms with Crippen LogP contribution in [0.1, 0.15) is 36.2 Å². The van der Waals surface area contributed by atoms with Gasteiger partial charge in [0.1, 0.15) is 11.6 Å². The van der Waals surface area contributed by atoms with Gasteiger partial charge >= 0.3 is 0 Å². The van der Waals surface area contributed by atoms with Gasteiger partial charge in [-0.3, -0.25) is 4.79 Å². The molecule has 1 N–H and O–H groups in total. The second kappa shape index (κ2) is 8.45. The van der Waals surface area contributed by atoms with Crippen molar-refractivity contribution in [2.24, 2.45) is 5.10 Å². The Bertz CT molecular complexity index is 750. The first kappa shape index (κ1) is 17.9. The molecular formula is C18H18ClFN2O2. The van der Waals surface area contributed by atoms with E-state index in [0.29, 0.717) is 16.3 Å². The third-order valence-corrected chi connectivity index (χ3v) is 3.65. The van der Waals surface area contributed by atoms with Crippen molar-refractivity contribution in [2.75, 3.05) is 0 Å². The lowest BCUT2D eigenvalue weighted by Gasteiger charge is -2.13. The maximum absolute atomic E-state index is 13.5. The first-order valence-electron chi connectivity index (χ1n) is 7.55. The van der Waals surface area contributed by atoms with Crippen LogP contribution in [-0.4, -0.2) is 18.2 Å². The third kappa shape index (κ3) is 4.80. The first-order chi connectivity index (χ1) is 11.5. The monoisotopic (exact) mass is 348 g/mol. The maximum Gasteiger partial charge on any atom is 0.274 e. The van der Waals surface area contributed by atoms with Gasteiger partial charge in [-0.1, -0.05) is 30.7 Å². The molecule has 0 spiro atoms. The number of rotatable bonds is 6. The number of ether oxygens (including phenoxy) is 1. The molecule has 0 radical (unpaired) electrons. The summed E-state index contributed by atoms with van der Waals surface area (Å²) in [6, 6.07) is 10.9. The topological polar surface area (TPSA) is 50.7 Å². The summed E-state index contributed by atoms with van der Waals surface area (Å²) in [6.07, 6.45) is 2.38. The van der Waals surface area contributed by atoms with E-state index in [0.717, 1.165) is 6.42 Å². The summed E-state index contributed by atoms with van der Waals surface area (Å²) in [6.45, 7) is 3.99. The van der Waals surface area contributed by atoms with E-state index in [1.165, 1.54) is 24.4 Å². The van der Waals surface area contributed by atoms with Gasteiger partial charge in [0.2, 0.25) is 0 Å².